The molecule has 1 aliphatic rings. The van der Waals surface area contributed by atoms with Gasteiger partial charge in [0.25, 0.3) is 0 Å². The first-order valence-corrected chi connectivity index (χ1v) is 5.97. The van der Waals surface area contributed by atoms with Crippen molar-refractivity contribution in [1.82, 2.24) is 5.32 Å². The van der Waals surface area contributed by atoms with Gasteiger partial charge in [0.2, 0.25) is 0 Å². The molecular formula is C12H23NO3. The molecule has 0 aromatic heterocycles. The summed E-state index contributed by atoms with van der Waals surface area (Å²) < 4.78 is 5.62. The maximum absolute atomic E-state index is 10.7. The van der Waals surface area contributed by atoms with Crippen molar-refractivity contribution in [2.24, 2.45) is 11.3 Å². The first kappa shape index (κ1) is 13.5. The molecule has 0 amide bonds. The fraction of sp³-hybridized carbons (Fsp3) is 0.917. The van der Waals surface area contributed by atoms with Gasteiger partial charge in [0.05, 0.1) is 12.0 Å². The molecule has 0 radical (unpaired) electrons. The van der Waals surface area contributed by atoms with Crippen molar-refractivity contribution in [2.45, 2.75) is 46.3 Å². The van der Waals surface area contributed by atoms with Gasteiger partial charge in [-0.25, -0.2) is 0 Å². The van der Waals surface area contributed by atoms with Crippen molar-refractivity contribution in [1.29, 1.82) is 0 Å². The van der Waals surface area contributed by atoms with E-state index >= 15 is 0 Å². The molecule has 1 fully saturated rings. The highest BCUT2D eigenvalue weighted by Crippen LogP contribution is 2.42. The molecule has 1 rings (SSSR count). The van der Waals surface area contributed by atoms with Crippen LogP contribution in [-0.2, 0) is 9.53 Å². The molecular weight excluding hydrogens is 206 g/mol. The van der Waals surface area contributed by atoms with Gasteiger partial charge in [0.1, 0.15) is 0 Å². The second-order valence-corrected chi connectivity index (χ2v) is 5.20. The van der Waals surface area contributed by atoms with Crippen molar-refractivity contribution in [3.63, 3.8) is 0 Å². The summed E-state index contributed by atoms with van der Waals surface area (Å²) in [6.45, 7) is 9.33. The van der Waals surface area contributed by atoms with Crippen LogP contribution in [0.4, 0.5) is 0 Å². The Labute approximate surface area is 97.4 Å². The van der Waals surface area contributed by atoms with Crippen LogP contribution in [-0.4, -0.2) is 36.4 Å². The highest BCUT2D eigenvalue weighted by molar-refractivity contribution is 5.69. The van der Waals surface area contributed by atoms with Crippen LogP contribution in [0.1, 0.15) is 34.1 Å². The second-order valence-electron chi connectivity index (χ2n) is 5.20. The van der Waals surface area contributed by atoms with E-state index < -0.39 is 5.97 Å². The van der Waals surface area contributed by atoms with Gasteiger partial charge in [0, 0.05) is 24.6 Å². The molecule has 0 heterocycles. The number of nitrogens with one attached hydrogen (secondary N) is 1. The molecule has 1 saturated carbocycles. The number of carboxylic acids is 1. The maximum Gasteiger partial charge on any atom is 0.307 e. The summed E-state index contributed by atoms with van der Waals surface area (Å²) in [6, 6.07) is 0.367. The van der Waals surface area contributed by atoms with E-state index in [0.717, 1.165) is 13.0 Å². The lowest BCUT2D eigenvalue weighted by Crippen LogP contribution is -2.61. The Morgan fingerprint density at radius 1 is 1.62 bits per heavy atom. The van der Waals surface area contributed by atoms with Crippen LogP contribution in [0.5, 0.6) is 0 Å². The Balaban J connectivity index is 2.33. The fourth-order valence-electron chi connectivity index (χ4n) is 2.12. The molecule has 4 heteroatoms. The molecule has 2 N–H and O–H groups in total. The van der Waals surface area contributed by atoms with Gasteiger partial charge in [-0.2, -0.15) is 0 Å². The van der Waals surface area contributed by atoms with E-state index in [9.17, 15) is 4.79 Å². The predicted molar refractivity (Wildman–Crippen MR) is 62.4 cm³/mol. The average Bonchev–Trinajstić information content (AvgIpc) is 2.21. The monoisotopic (exact) mass is 229 g/mol. The second kappa shape index (κ2) is 5.15. The van der Waals surface area contributed by atoms with Gasteiger partial charge in [-0.3, -0.25) is 4.79 Å². The standard InChI is InChI=1S/C12H23NO3/c1-5-16-10-6-9(12(10,3)4)13-7-8(2)11(14)15/h8-10,13H,5-7H2,1-4H3,(H,14,15). The number of carbonyl (C=O) groups is 1. The van der Waals surface area contributed by atoms with E-state index in [-0.39, 0.29) is 11.3 Å². The Morgan fingerprint density at radius 3 is 2.69 bits per heavy atom. The van der Waals surface area contributed by atoms with Crippen LogP contribution in [0.3, 0.4) is 0 Å². The number of ether oxygens (including phenoxy) is 1. The normalized spacial score (nSPS) is 29.5. The van der Waals surface area contributed by atoms with Gasteiger partial charge in [-0.15, -0.1) is 0 Å². The Morgan fingerprint density at radius 2 is 2.25 bits per heavy atom. The van der Waals surface area contributed by atoms with Crippen LogP contribution in [0.15, 0.2) is 0 Å². The van der Waals surface area contributed by atoms with Crippen molar-refractivity contribution in [3.05, 3.63) is 0 Å². The summed E-state index contributed by atoms with van der Waals surface area (Å²) in [5.74, 6) is -1.08. The van der Waals surface area contributed by atoms with E-state index in [1.807, 2.05) is 6.92 Å². The topological polar surface area (TPSA) is 58.6 Å². The number of carboxylic acid groups (broad SMARTS) is 1. The van der Waals surface area contributed by atoms with Gasteiger partial charge in [-0.05, 0) is 13.3 Å². The Hall–Kier alpha value is -0.610. The number of hydrogen-bond donors (Lipinski definition) is 2. The van der Waals surface area contributed by atoms with Crippen molar-refractivity contribution < 1.29 is 14.6 Å². The molecule has 16 heavy (non-hydrogen) atoms. The number of hydrogen-bond acceptors (Lipinski definition) is 3. The summed E-state index contributed by atoms with van der Waals surface area (Å²) in [5.41, 5.74) is 0.105. The molecule has 0 aliphatic heterocycles. The summed E-state index contributed by atoms with van der Waals surface area (Å²) >= 11 is 0. The smallest absolute Gasteiger partial charge is 0.307 e. The lowest BCUT2D eigenvalue weighted by molar-refractivity contribution is -0.142. The predicted octanol–water partition coefficient (Wildman–Crippen LogP) is 1.50. The quantitative estimate of drug-likeness (QED) is 0.724. The first-order valence-electron chi connectivity index (χ1n) is 5.97. The van der Waals surface area contributed by atoms with Crippen molar-refractivity contribution in [3.8, 4) is 0 Å². The fourth-order valence-corrected chi connectivity index (χ4v) is 2.12. The largest absolute Gasteiger partial charge is 0.481 e. The summed E-state index contributed by atoms with van der Waals surface area (Å²) in [7, 11) is 0. The van der Waals surface area contributed by atoms with Gasteiger partial charge in [0.15, 0.2) is 0 Å². The van der Waals surface area contributed by atoms with E-state index in [0.29, 0.717) is 18.7 Å². The molecule has 0 aromatic carbocycles. The zero-order valence-corrected chi connectivity index (χ0v) is 10.6. The van der Waals surface area contributed by atoms with E-state index in [4.69, 9.17) is 9.84 Å². The molecule has 94 valence electrons. The minimum absolute atomic E-state index is 0.105. The highest BCUT2D eigenvalue weighted by Gasteiger charge is 2.48. The van der Waals surface area contributed by atoms with E-state index in [2.05, 4.69) is 19.2 Å². The van der Waals surface area contributed by atoms with Crippen LogP contribution < -0.4 is 5.32 Å². The Kier molecular flexibility index (Phi) is 4.33. The molecule has 3 atom stereocenters. The molecule has 4 nitrogen and oxygen atoms in total. The van der Waals surface area contributed by atoms with Crippen LogP contribution in [0.25, 0.3) is 0 Å². The molecule has 0 aromatic rings. The van der Waals surface area contributed by atoms with Crippen LogP contribution in [0.2, 0.25) is 0 Å². The van der Waals surface area contributed by atoms with E-state index in [1.54, 1.807) is 6.92 Å². The third kappa shape index (κ3) is 2.74. The van der Waals surface area contributed by atoms with Gasteiger partial charge in [-0.1, -0.05) is 20.8 Å². The number of aliphatic carboxylic acids is 1. The van der Waals surface area contributed by atoms with Crippen LogP contribution in [0, 0.1) is 11.3 Å². The van der Waals surface area contributed by atoms with E-state index in [1.165, 1.54) is 0 Å². The van der Waals surface area contributed by atoms with Crippen molar-refractivity contribution in [2.75, 3.05) is 13.2 Å². The van der Waals surface area contributed by atoms with Gasteiger partial charge < -0.3 is 15.2 Å². The molecule has 1 aliphatic carbocycles. The first-order chi connectivity index (χ1) is 7.39. The molecule has 3 unspecified atom stereocenters. The third-order valence-electron chi connectivity index (χ3n) is 3.64. The lowest BCUT2D eigenvalue weighted by Gasteiger charge is -2.52. The Bertz CT molecular complexity index is 253. The number of rotatable bonds is 6. The molecule has 0 bridgehead atoms. The maximum atomic E-state index is 10.7. The zero-order valence-electron chi connectivity index (χ0n) is 10.6. The minimum Gasteiger partial charge on any atom is -0.481 e. The summed E-state index contributed by atoms with van der Waals surface area (Å²) in [6.07, 6.45) is 1.28. The summed E-state index contributed by atoms with van der Waals surface area (Å²) in [4.78, 5) is 10.7. The molecule has 0 saturated heterocycles. The lowest BCUT2D eigenvalue weighted by atomic mass is 9.64. The average molecular weight is 229 g/mol. The summed E-state index contributed by atoms with van der Waals surface area (Å²) in [5, 5.41) is 12.1. The molecule has 0 spiro atoms. The van der Waals surface area contributed by atoms with Gasteiger partial charge >= 0.3 is 5.97 Å². The zero-order chi connectivity index (χ0) is 12.3. The third-order valence-corrected chi connectivity index (χ3v) is 3.64. The minimum atomic E-state index is -0.744. The van der Waals surface area contributed by atoms with Crippen LogP contribution >= 0.6 is 0 Å². The SMILES string of the molecule is CCOC1CC(NCC(C)C(=O)O)C1(C)C. The van der Waals surface area contributed by atoms with Crippen molar-refractivity contribution >= 4 is 5.97 Å². The highest BCUT2D eigenvalue weighted by atomic mass is 16.5.